The van der Waals surface area contributed by atoms with Crippen molar-refractivity contribution >= 4 is 38.7 Å². The molecule has 0 radical (unpaired) electrons. The van der Waals surface area contributed by atoms with Gasteiger partial charge in [-0.1, -0.05) is 35.7 Å². The Kier molecular flexibility index (Phi) is 6.82. The van der Waals surface area contributed by atoms with E-state index in [0.29, 0.717) is 0 Å². The van der Waals surface area contributed by atoms with E-state index in [0.717, 1.165) is 51.1 Å². The molecule has 3 aromatic rings. The van der Waals surface area contributed by atoms with Gasteiger partial charge < -0.3 is 4.74 Å². The molecule has 140 valence electrons. The van der Waals surface area contributed by atoms with Crippen molar-refractivity contribution in [1.29, 1.82) is 0 Å². The molecule has 5 heteroatoms. The largest absolute Gasteiger partial charge is 0.494 e. The molecule has 0 aliphatic heterocycles. The molecule has 0 aliphatic rings. The number of hydrogen-bond donors (Lipinski definition) is 1. The van der Waals surface area contributed by atoms with Gasteiger partial charge in [0.1, 0.15) is 5.75 Å². The second kappa shape index (κ2) is 9.51. The minimum atomic E-state index is 0.771. The Bertz CT molecular complexity index is 923. The molecule has 1 N–H and O–H groups in total. The van der Waals surface area contributed by atoms with Gasteiger partial charge in [0.05, 0.1) is 24.0 Å². The van der Waals surface area contributed by atoms with E-state index >= 15 is 0 Å². The van der Waals surface area contributed by atoms with Crippen LogP contribution in [-0.4, -0.2) is 17.8 Å². The van der Waals surface area contributed by atoms with Gasteiger partial charge in [-0.25, -0.2) is 0 Å². The van der Waals surface area contributed by atoms with Crippen LogP contribution in [0.4, 0.5) is 5.69 Å². The van der Waals surface area contributed by atoms with Crippen molar-refractivity contribution < 1.29 is 4.74 Å². The third kappa shape index (κ3) is 5.54. The van der Waals surface area contributed by atoms with E-state index < -0.39 is 0 Å². The summed E-state index contributed by atoms with van der Waals surface area (Å²) in [5.74, 6) is 0.900. The lowest BCUT2D eigenvalue weighted by Gasteiger charge is -2.08. The highest BCUT2D eigenvalue weighted by Crippen LogP contribution is 2.26. The molecule has 0 saturated heterocycles. The van der Waals surface area contributed by atoms with Crippen LogP contribution in [0, 0.1) is 6.92 Å². The zero-order valence-corrected chi connectivity index (χ0v) is 17.3. The number of rotatable bonds is 8. The Morgan fingerprint density at radius 1 is 1.11 bits per heavy atom. The Morgan fingerprint density at radius 2 is 1.93 bits per heavy atom. The number of nitrogens with one attached hydrogen (secondary N) is 1. The molecule has 4 nitrogen and oxygen atoms in total. The molecular formula is C22H24BrN3O. The van der Waals surface area contributed by atoms with Crippen molar-refractivity contribution in [1.82, 2.24) is 4.98 Å². The van der Waals surface area contributed by atoms with E-state index in [2.05, 4.69) is 38.4 Å². The fourth-order valence-corrected chi connectivity index (χ4v) is 3.15. The number of aromatic nitrogens is 1. The summed E-state index contributed by atoms with van der Waals surface area (Å²) >= 11 is 3.52. The maximum absolute atomic E-state index is 5.74. The lowest BCUT2D eigenvalue weighted by Crippen LogP contribution is -1.97. The number of fused-ring (bicyclic) bond motifs is 1. The molecule has 0 aliphatic carbocycles. The number of hydrazone groups is 1. The zero-order chi connectivity index (χ0) is 19.1. The third-order valence-corrected chi connectivity index (χ3v) is 4.69. The fraction of sp³-hybridized carbons (Fsp3) is 0.273. The number of unbranched alkanes of at least 4 members (excludes halogenated alkanes) is 2. The van der Waals surface area contributed by atoms with Crippen LogP contribution in [0.3, 0.4) is 0 Å². The predicted octanol–water partition coefficient (Wildman–Crippen LogP) is 6.32. The molecule has 0 spiro atoms. The first kappa shape index (κ1) is 19.4. The molecule has 0 bridgehead atoms. The zero-order valence-electron chi connectivity index (χ0n) is 15.7. The average Bonchev–Trinajstić information content (AvgIpc) is 2.67. The number of anilines is 1. The van der Waals surface area contributed by atoms with Gasteiger partial charge in [0.2, 0.25) is 0 Å². The maximum Gasteiger partial charge on any atom is 0.119 e. The van der Waals surface area contributed by atoms with E-state index in [1.165, 1.54) is 12.8 Å². The third-order valence-electron chi connectivity index (χ3n) is 4.19. The van der Waals surface area contributed by atoms with Gasteiger partial charge in [0.15, 0.2) is 0 Å². The molecule has 1 heterocycles. The van der Waals surface area contributed by atoms with Crippen LogP contribution in [0.15, 0.2) is 58.1 Å². The van der Waals surface area contributed by atoms with Gasteiger partial charge in [-0.3, -0.25) is 10.4 Å². The molecule has 0 amide bonds. The minimum Gasteiger partial charge on any atom is -0.494 e. The number of halogens is 1. The number of nitrogens with zero attached hydrogens (tertiary/aromatic N) is 2. The van der Waals surface area contributed by atoms with Crippen LogP contribution in [0.2, 0.25) is 0 Å². The van der Waals surface area contributed by atoms with Crippen LogP contribution in [0.5, 0.6) is 5.75 Å². The van der Waals surface area contributed by atoms with Crippen LogP contribution < -0.4 is 10.2 Å². The van der Waals surface area contributed by atoms with Crippen molar-refractivity contribution in [3.05, 3.63) is 64.3 Å². The summed E-state index contributed by atoms with van der Waals surface area (Å²) in [7, 11) is 0. The number of pyridine rings is 1. The summed E-state index contributed by atoms with van der Waals surface area (Å²) in [4.78, 5) is 4.56. The van der Waals surface area contributed by atoms with Crippen LogP contribution in [-0.2, 0) is 0 Å². The lowest BCUT2D eigenvalue weighted by atomic mass is 10.1. The minimum absolute atomic E-state index is 0.771. The van der Waals surface area contributed by atoms with Gasteiger partial charge in [-0.05, 0) is 67.4 Å². The standard InChI is InChI=1S/C22H24BrN3O/c1-3-4-5-12-27-19-9-6-17(7-10-19)15-24-26-22-13-16(2)25-21-11-8-18(23)14-20(21)22/h6-11,13-15H,3-5,12H2,1-2H3,(H,25,26)/b24-15+. The smallest absolute Gasteiger partial charge is 0.119 e. The van der Waals surface area contributed by atoms with Crippen molar-refractivity contribution in [2.75, 3.05) is 12.0 Å². The van der Waals surface area contributed by atoms with E-state index in [-0.39, 0.29) is 0 Å². The second-order valence-corrected chi connectivity index (χ2v) is 7.38. The van der Waals surface area contributed by atoms with Gasteiger partial charge in [-0.15, -0.1) is 0 Å². The normalized spacial score (nSPS) is 11.2. The van der Waals surface area contributed by atoms with Gasteiger partial charge in [0, 0.05) is 15.6 Å². The van der Waals surface area contributed by atoms with E-state index in [1.807, 2.05) is 55.5 Å². The van der Waals surface area contributed by atoms with Crippen molar-refractivity contribution in [2.45, 2.75) is 33.1 Å². The summed E-state index contributed by atoms with van der Waals surface area (Å²) in [5.41, 5.74) is 6.99. The summed E-state index contributed by atoms with van der Waals surface area (Å²) < 4.78 is 6.75. The topological polar surface area (TPSA) is 46.5 Å². The Morgan fingerprint density at radius 3 is 2.70 bits per heavy atom. The molecule has 0 atom stereocenters. The molecule has 1 aromatic heterocycles. The Balaban J connectivity index is 1.65. The first-order chi connectivity index (χ1) is 13.2. The number of aryl methyl sites for hydroxylation is 1. The number of hydrogen-bond acceptors (Lipinski definition) is 4. The summed E-state index contributed by atoms with van der Waals surface area (Å²) in [6.07, 6.45) is 5.31. The highest BCUT2D eigenvalue weighted by Gasteiger charge is 2.04. The lowest BCUT2D eigenvalue weighted by molar-refractivity contribution is 0.306. The number of benzene rings is 2. The van der Waals surface area contributed by atoms with Gasteiger partial charge in [0.25, 0.3) is 0 Å². The average molecular weight is 426 g/mol. The highest BCUT2D eigenvalue weighted by molar-refractivity contribution is 9.10. The van der Waals surface area contributed by atoms with Crippen LogP contribution in [0.1, 0.15) is 37.4 Å². The van der Waals surface area contributed by atoms with Crippen molar-refractivity contribution in [2.24, 2.45) is 5.10 Å². The summed E-state index contributed by atoms with van der Waals surface area (Å²) in [6.45, 7) is 4.94. The monoisotopic (exact) mass is 425 g/mol. The molecule has 2 aromatic carbocycles. The first-order valence-electron chi connectivity index (χ1n) is 9.24. The Hall–Kier alpha value is -2.40. The quantitative estimate of drug-likeness (QED) is 0.260. The number of ether oxygens (including phenoxy) is 1. The van der Waals surface area contributed by atoms with Gasteiger partial charge >= 0.3 is 0 Å². The van der Waals surface area contributed by atoms with Gasteiger partial charge in [-0.2, -0.15) is 5.10 Å². The molecule has 3 rings (SSSR count). The van der Waals surface area contributed by atoms with E-state index in [9.17, 15) is 0 Å². The SMILES string of the molecule is CCCCCOc1ccc(/C=N/Nc2cc(C)nc3ccc(Br)cc23)cc1. The van der Waals surface area contributed by atoms with Crippen LogP contribution >= 0.6 is 15.9 Å². The maximum atomic E-state index is 5.74. The fourth-order valence-electron chi connectivity index (χ4n) is 2.79. The van der Waals surface area contributed by atoms with Crippen molar-refractivity contribution in [3.8, 4) is 5.75 Å². The first-order valence-corrected chi connectivity index (χ1v) is 10.0. The summed E-state index contributed by atoms with van der Waals surface area (Å²) in [6, 6.07) is 16.0. The molecule has 27 heavy (non-hydrogen) atoms. The predicted molar refractivity (Wildman–Crippen MR) is 117 cm³/mol. The molecule has 0 fully saturated rings. The highest BCUT2D eigenvalue weighted by atomic mass is 79.9. The summed E-state index contributed by atoms with van der Waals surface area (Å²) in [5, 5.41) is 5.42. The molecule has 0 saturated carbocycles. The van der Waals surface area contributed by atoms with Crippen molar-refractivity contribution in [3.63, 3.8) is 0 Å². The molecular weight excluding hydrogens is 402 g/mol. The Labute approximate surface area is 168 Å². The van der Waals surface area contributed by atoms with E-state index in [1.54, 1.807) is 6.21 Å². The second-order valence-electron chi connectivity index (χ2n) is 6.47. The van der Waals surface area contributed by atoms with E-state index in [4.69, 9.17) is 4.74 Å². The molecule has 0 unspecified atom stereocenters. The van der Waals surface area contributed by atoms with Crippen LogP contribution in [0.25, 0.3) is 10.9 Å².